The fraction of sp³-hybridized carbons (Fsp3) is 0.481. The van der Waals surface area contributed by atoms with Crippen LogP contribution in [-0.4, -0.2) is 73.7 Å². The molecule has 194 valence electrons. The number of methoxy groups -OCH3 is 2. The van der Waals surface area contributed by atoms with Gasteiger partial charge >= 0.3 is 0 Å². The van der Waals surface area contributed by atoms with Crippen LogP contribution in [0.4, 0.5) is 0 Å². The highest BCUT2D eigenvalue weighted by atomic mass is 32.1. The molecular weight excluding hydrogens is 478 g/mol. The van der Waals surface area contributed by atoms with E-state index in [0.29, 0.717) is 38.4 Å². The van der Waals surface area contributed by atoms with Gasteiger partial charge in [-0.25, -0.2) is 0 Å². The van der Waals surface area contributed by atoms with Crippen molar-refractivity contribution in [2.75, 3.05) is 47.1 Å². The Bertz CT molecular complexity index is 1050. The third-order valence-corrected chi connectivity index (χ3v) is 7.56. The molecule has 4 rings (SSSR count). The first-order chi connectivity index (χ1) is 17.5. The van der Waals surface area contributed by atoms with Gasteiger partial charge in [-0.3, -0.25) is 15.0 Å². The van der Waals surface area contributed by atoms with Gasteiger partial charge in [0, 0.05) is 62.6 Å². The second-order valence-corrected chi connectivity index (χ2v) is 9.84. The van der Waals surface area contributed by atoms with Crippen molar-refractivity contribution in [1.82, 2.24) is 15.5 Å². The second kappa shape index (κ2) is 12.0. The number of carbonyl (C=O) groups is 1. The van der Waals surface area contributed by atoms with Gasteiger partial charge in [0.25, 0.3) is 5.91 Å². The summed E-state index contributed by atoms with van der Waals surface area (Å²) in [6, 6.07) is 14.8. The van der Waals surface area contributed by atoms with Gasteiger partial charge in [-0.15, -0.1) is 0 Å². The molecule has 2 atom stereocenters. The maximum atomic E-state index is 12.7. The van der Waals surface area contributed by atoms with Gasteiger partial charge in [-0.2, -0.15) is 0 Å². The lowest BCUT2D eigenvalue weighted by atomic mass is 9.72. The number of amides is 1. The summed E-state index contributed by atoms with van der Waals surface area (Å²) in [5.41, 5.74) is 1.08. The average Bonchev–Trinajstić information content (AvgIpc) is 3.27. The number of aliphatic hydroxyl groups is 1. The van der Waals surface area contributed by atoms with E-state index < -0.39 is 5.54 Å². The summed E-state index contributed by atoms with van der Waals surface area (Å²) >= 11 is 5.64. The molecule has 2 heterocycles. The molecular formula is C27H35N3O5S. The predicted molar refractivity (Wildman–Crippen MR) is 141 cm³/mol. The minimum atomic E-state index is -0.501. The summed E-state index contributed by atoms with van der Waals surface area (Å²) in [5, 5.41) is 17.1. The van der Waals surface area contributed by atoms with Crippen molar-refractivity contribution in [2.24, 2.45) is 11.8 Å². The van der Waals surface area contributed by atoms with Crippen LogP contribution < -0.4 is 20.1 Å². The summed E-state index contributed by atoms with van der Waals surface area (Å²) in [4.78, 5) is 15.1. The number of nitrogens with zero attached hydrogens (tertiary/aromatic N) is 1. The molecule has 2 aliphatic rings. The molecule has 8 nitrogen and oxygen atoms in total. The van der Waals surface area contributed by atoms with Gasteiger partial charge < -0.3 is 24.6 Å². The zero-order valence-corrected chi connectivity index (χ0v) is 21.7. The van der Waals surface area contributed by atoms with Gasteiger partial charge in [0.2, 0.25) is 0 Å². The van der Waals surface area contributed by atoms with E-state index in [2.05, 4.69) is 15.5 Å². The van der Waals surface area contributed by atoms with Crippen LogP contribution in [0.5, 0.6) is 11.5 Å². The van der Waals surface area contributed by atoms with E-state index in [9.17, 15) is 9.90 Å². The number of likely N-dealkylation sites (tertiary alicyclic amines) is 1. The first kappa shape index (κ1) is 26.3. The molecule has 0 bridgehead atoms. The standard InChI is InChI=1S/C27H35N3O5S/c1-33-23-9-8-20(24(14-23)34-2)15-30-16-22(17-31)27(18-30,21-10-12-35-13-11-21)29-26(36)28-25(32)19-6-4-3-5-7-19/h3-9,14,21-22,31H,10-13,15-18H2,1-2H3,(H2,28,29,32,36). The number of ether oxygens (including phenoxy) is 3. The Morgan fingerprint density at radius 2 is 1.92 bits per heavy atom. The molecule has 9 heteroatoms. The fourth-order valence-corrected chi connectivity index (χ4v) is 5.81. The molecule has 2 unspecified atom stereocenters. The van der Waals surface area contributed by atoms with Crippen molar-refractivity contribution in [3.8, 4) is 11.5 Å². The summed E-state index contributed by atoms with van der Waals surface area (Å²) in [7, 11) is 3.29. The van der Waals surface area contributed by atoms with E-state index in [1.54, 1.807) is 26.4 Å². The largest absolute Gasteiger partial charge is 0.497 e. The van der Waals surface area contributed by atoms with Crippen molar-refractivity contribution in [3.63, 3.8) is 0 Å². The Kier molecular flexibility index (Phi) is 8.79. The third-order valence-electron chi connectivity index (χ3n) is 7.36. The number of nitrogens with one attached hydrogen (secondary N) is 2. The molecule has 0 radical (unpaired) electrons. The molecule has 3 N–H and O–H groups in total. The normalized spacial score (nSPS) is 22.7. The van der Waals surface area contributed by atoms with Crippen LogP contribution in [0.3, 0.4) is 0 Å². The van der Waals surface area contributed by atoms with E-state index in [-0.39, 0.29) is 29.5 Å². The topological polar surface area (TPSA) is 92.3 Å². The molecule has 0 saturated carbocycles. The van der Waals surface area contributed by atoms with Crippen molar-refractivity contribution in [3.05, 3.63) is 59.7 Å². The molecule has 2 saturated heterocycles. The third kappa shape index (κ3) is 5.81. The number of aliphatic hydroxyl groups excluding tert-OH is 1. The van der Waals surface area contributed by atoms with Crippen LogP contribution in [0.2, 0.25) is 0 Å². The SMILES string of the molecule is COc1ccc(CN2CC(CO)C(NC(=S)NC(=O)c3ccccc3)(C3CCOCC3)C2)c(OC)c1. The predicted octanol–water partition coefficient (Wildman–Crippen LogP) is 2.60. The molecule has 0 aliphatic carbocycles. The Hall–Kier alpha value is -2.72. The van der Waals surface area contributed by atoms with E-state index >= 15 is 0 Å². The maximum Gasteiger partial charge on any atom is 0.257 e. The minimum Gasteiger partial charge on any atom is -0.497 e. The molecule has 0 aromatic heterocycles. The van der Waals surface area contributed by atoms with Crippen LogP contribution >= 0.6 is 12.2 Å². The Balaban J connectivity index is 1.55. The number of rotatable bonds is 8. The molecule has 0 spiro atoms. The minimum absolute atomic E-state index is 0.00977. The highest BCUT2D eigenvalue weighted by molar-refractivity contribution is 7.80. The highest BCUT2D eigenvalue weighted by Crippen LogP contribution is 2.40. The Morgan fingerprint density at radius 3 is 2.58 bits per heavy atom. The van der Waals surface area contributed by atoms with Crippen LogP contribution in [0.1, 0.15) is 28.8 Å². The van der Waals surface area contributed by atoms with E-state index in [1.165, 1.54) is 0 Å². The van der Waals surface area contributed by atoms with Gasteiger partial charge in [0.15, 0.2) is 5.11 Å². The summed E-state index contributed by atoms with van der Waals surface area (Å²) in [6.07, 6.45) is 1.72. The van der Waals surface area contributed by atoms with Crippen molar-refractivity contribution in [2.45, 2.75) is 24.9 Å². The molecule has 2 fully saturated rings. The molecule has 36 heavy (non-hydrogen) atoms. The average molecular weight is 514 g/mol. The molecule has 1 amide bonds. The second-order valence-electron chi connectivity index (χ2n) is 9.43. The van der Waals surface area contributed by atoms with E-state index in [4.69, 9.17) is 26.4 Å². The smallest absolute Gasteiger partial charge is 0.257 e. The number of hydrogen-bond acceptors (Lipinski definition) is 7. The van der Waals surface area contributed by atoms with Crippen molar-refractivity contribution >= 4 is 23.2 Å². The maximum absolute atomic E-state index is 12.7. The Labute approximate surface area is 217 Å². The van der Waals surface area contributed by atoms with Crippen LogP contribution in [-0.2, 0) is 11.3 Å². The molecule has 2 aromatic rings. The quantitative estimate of drug-likeness (QED) is 0.464. The summed E-state index contributed by atoms with van der Waals surface area (Å²) in [6.45, 7) is 3.35. The molecule has 2 aliphatic heterocycles. The first-order valence-corrected chi connectivity index (χ1v) is 12.7. The first-order valence-electron chi connectivity index (χ1n) is 12.3. The molecule has 2 aromatic carbocycles. The monoisotopic (exact) mass is 513 g/mol. The number of hydrogen-bond donors (Lipinski definition) is 3. The lowest BCUT2D eigenvalue weighted by Gasteiger charge is -2.44. The van der Waals surface area contributed by atoms with Crippen LogP contribution in [0.15, 0.2) is 48.5 Å². The van der Waals surface area contributed by atoms with Gasteiger partial charge in [0.05, 0.1) is 19.8 Å². The fourth-order valence-electron chi connectivity index (χ4n) is 5.53. The van der Waals surface area contributed by atoms with E-state index in [1.807, 2.05) is 36.4 Å². The number of thiocarbonyl (C=S) groups is 1. The zero-order chi connectivity index (χ0) is 25.5. The van der Waals surface area contributed by atoms with Crippen LogP contribution in [0, 0.1) is 11.8 Å². The zero-order valence-electron chi connectivity index (χ0n) is 20.9. The lowest BCUT2D eigenvalue weighted by molar-refractivity contribution is 0.0168. The van der Waals surface area contributed by atoms with Gasteiger partial charge in [-0.05, 0) is 49.2 Å². The van der Waals surface area contributed by atoms with Crippen molar-refractivity contribution < 1.29 is 24.1 Å². The number of benzene rings is 2. The summed E-state index contributed by atoms with van der Waals surface area (Å²) < 4.78 is 16.6. The number of carbonyl (C=O) groups excluding carboxylic acids is 1. The van der Waals surface area contributed by atoms with Gasteiger partial charge in [0.1, 0.15) is 11.5 Å². The van der Waals surface area contributed by atoms with Gasteiger partial charge in [-0.1, -0.05) is 24.3 Å². The Morgan fingerprint density at radius 1 is 1.17 bits per heavy atom. The lowest BCUT2D eigenvalue weighted by Crippen LogP contribution is -2.63. The summed E-state index contributed by atoms with van der Waals surface area (Å²) in [5.74, 6) is 1.41. The van der Waals surface area contributed by atoms with Crippen LogP contribution in [0.25, 0.3) is 0 Å². The highest BCUT2D eigenvalue weighted by Gasteiger charge is 2.52. The van der Waals surface area contributed by atoms with E-state index in [0.717, 1.165) is 29.9 Å². The van der Waals surface area contributed by atoms with Crippen molar-refractivity contribution in [1.29, 1.82) is 0 Å².